The summed E-state index contributed by atoms with van der Waals surface area (Å²) >= 11 is 1.54. The highest BCUT2D eigenvalue weighted by molar-refractivity contribution is 7.09. The van der Waals surface area contributed by atoms with Crippen LogP contribution >= 0.6 is 11.5 Å². The second-order valence-electron chi connectivity index (χ2n) is 5.63. The van der Waals surface area contributed by atoms with Crippen LogP contribution in [0.1, 0.15) is 44.9 Å². The fraction of sp³-hybridized carbons (Fsp3) is 0.857. The molecule has 2 rings (SSSR count). The Balaban J connectivity index is 1.94. The number of rotatable bonds is 7. The van der Waals surface area contributed by atoms with Crippen LogP contribution in [0.5, 0.6) is 0 Å². The van der Waals surface area contributed by atoms with Crippen molar-refractivity contribution < 1.29 is 4.74 Å². The number of methoxy groups -OCH3 is 1. The standard InChI is InChI=1S/C14H26N4OS/c1-11(2)13-16-14(20-17-13)18-8-5-4-6-12(18)10-15-7-9-19-3/h11-12,15H,4-10H2,1-3H3. The second-order valence-corrected chi connectivity index (χ2v) is 6.36. The summed E-state index contributed by atoms with van der Waals surface area (Å²) < 4.78 is 9.56. The topological polar surface area (TPSA) is 50.3 Å². The lowest BCUT2D eigenvalue weighted by atomic mass is 10.0. The molecule has 0 spiro atoms. The van der Waals surface area contributed by atoms with E-state index in [0.29, 0.717) is 12.0 Å². The zero-order valence-electron chi connectivity index (χ0n) is 12.8. The van der Waals surface area contributed by atoms with Gasteiger partial charge in [-0.3, -0.25) is 0 Å². The van der Waals surface area contributed by atoms with E-state index in [4.69, 9.17) is 9.72 Å². The average Bonchev–Trinajstić information content (AvgIpc) is 2.94. The molecule has 0 bridgehead atoms. The molecule has 1 aliphatic heterocycles. The van der Waals surface area contributed by atoms with Gasteiger partial charge in [-0.25, -0.2) is 4.98 Å². The summed E-state index contributed by atoms with van der Waals surface area (Å²) in [5.41, 5.74) is 0. The largest absolute Gasteiger partial charge is 0.383 e. The Morgan fingerprint density at radius 3 is 3.00 bits per heavy atom. The van der Waals surface area contributed by atoms with Gasteiger partial charge in [-0.2, -0.15) is 4.37 Å². The molecule has 114 valence electrons. The van der Waals surface area contributed by atoms with Crippen LogP contribution in [0, 0.1) is 0 Å². The highest BCUT2D eigenvalue weighted by atomic mass is 32.1. The Kier molecular flexibility index (Phi) is 6.19. The summed E-state index contributed by atoms with van der Waals surface area (Å²) in [4.78, 5) is 7.15. The minimum absolute atomic E-state index is 0.406. The van der Waals surface area contributed by atoms with Gasteiger partial charge in [-0.1, -0.05) is 13.8 Å². The third-order valence-electron chi connectivity index (χ3n) is 3.68. The van der Waals surface area contributed by atoms with Crippen molar-refractivity contribution in [2.45, 2.75) is 45.1 Å². The number of ether oxygens (including phenoxy) is 1. The van der Waals surface area contributed by atoms with Gasteiger partial charge in [0.2, 0.25) is 5.13 Å². The highest BCUT2D eigenvalue weighted by Crippen LogP contribution is 2.27. The molecular weight excluding hydrogens is 272 g/mol. The number of piperidine rings is 1. The van der Waals surface area contributed by atoms with Gasteiger partial charge in [0, 0.05) is 50.2 Å². The van der Waals surface area contributed by atoms with Gasteiger partial charge in [0.05, 0.1) is 6.61 Å². The Morgan fingerprint density at radius 1 is 1.45 bits per heavy atom. The lowest BCUT2D eigenvalue weighted by Crippen LogP contribution is -2.46. The lowest BCUT2D eigenvalue weighted by molar-refractivity contribution is 0.198. The van der Waals surface area contributed by atoms with Crippen molar-refractivity contribution in [2.24, 2.45) is 0 Å². The van der Waals surface area contributed by atoms with E-state index in [1.54, 1.807) is 18.6 Å². The third-order valence-corrected chi connectivity index (χ3v) is 4.45. The molecule has 0 aromatic carbocycles. The summed E-state index contributed by atoms with van der Waals surface area (Å²) in [6.45, 7) is 8.07. The molecule has 1 atom stereocenters. The van der Waals surface area contributed by atoms with E-state index in [-0.39, 0.29) is 0 Å². The maximum atomic E-state index is 5.08. The van der Waals surface area contributed by atoms with Crippen LogP contribution in [0.25, 0.3) is 0 Å². The SMILES string of the molecule is COCCNCC1CCCCN1c1nc(C(C)C)ns1. The Bertz CT molecular complexity index is 396. The molecule has 1 saturated heterocycles. The van der Waals surface area contributed by atoms with E-state index in [1.165, 1.54) is 19.3 Å². The monoisotopic (exact) mass is 298 g/mol. The minimum Gasteiger partial charge on any atom is -0.383 e. The van der Waals surface area contributed by atoms with Crippen molar-refractivity contribution in [1.29, 1.82) is 0 Å². The lowest BCUT2D eigenvalue weighted by Gasteiger charge is -2.35. The number of anilines is 1. The quantitative estimate of drug-likeness (QED) is 0.783. The first-order chi connectivity index (χ1) is 9.72. The molecule has 0 aliphatic carbocycles. The number of hydrogen-bond donors (Lipinski definition) is 1. The Morgan fingerprint density at radius 2 is 2.30 bits per heavy atom. The van der Waals surface area contributed by atoms with Gasteiger partial charge in [0.1, 0.15) is 5.82 Å². The zero-order chi connectivity index (χ0) is 14.4. The van der Waals surface area contributed by atoms with Gasteiger partial charge in [0.25, 0.3) is 0 Å². The van der Waals surface area contributed by atoms with E-state index < -0.39 is 0 Å². The fourth-order valence-corrected chi connectivity index (χ4v) is 3.39. The van der Waals surface area contributed by atoms with E-state index in [9.17, 15) is 0 Å². The van der Waals surface area contributed by atoms with Gasteiger partial charge >= 0.3 is 0 Å². The molecule has 1 fully saturated rings. The van der Waals surface area contributed by atoms with Gasteiger partial charge in [-0.15, -0.1) is 0 Å². The van der Waals surface area contributed by atoms with E-state index in [2.05, 4.69) is 28.4 Å². The van der Waals surface area contributed by atoms with Crippen LogP contribution in [-0.2, 0) is 4.74 Å². The smallest absolute Gasteiger partial charge is 0.205 e. The van der Waals surface area contributed by atoms with Crippen molar-refractivity contribution in [1.82, 2.24) is 14.7 Å². The molecule has 20 heavy (non-hydrogen) atoms. The maximum absolute atomic E-state index is 5.08. The van der Waals surface area contributed by atoms with Crippen LogP contribution in [0.3, 0.4) is 0 Å². The second kappa shape index (κ2) is 7.90. The van der Waals surface area contributed by atoms with Crippen molar-refractivity contribution >= 4 is 16.7 Å². The highest BCUT2D eigenvalue weighted by Gasteiger charge is 2.25. The number of nitrogens with one attached hydrogen (secondary N) is 1. The normalized spacial score (nSPS) is 19.8. The van der Waals surface area contributed by atoms with Crippen LogP contribution < -0.4 is 10.2 Å². The van der Waals surface area contributed by atoms with Crippen molar-refractivity contribution in [3.63, 3.8) is 0 Å². The van der Waals surface area contributed by atoms with Crippen LogP contribution in [0.4, 0.5) is 5.13 Å². The maximum Gasteiger partial charge on any atom is 0.205 e. The Labute approximate surface area is 125 Å². The van der Waals surface area contributed by atoms with E-state index in [0.717, 1.165) is 37.2 Å². The number of aromatic nitrogens is 2. The van der Waals surface area contributed by atoms with Crippen LogP contribution in [0.15, 0.2) is 0 Å². The summed E-state index contributed by atoms with van der Waals surface area (Å²) in [5, 5.41) is 4.56. The predicted molar refractivity (Wildman–Crippen MR) is 83.7 cm³/mol. The van der Waals surface area contributed by atoms with Crippen molar-refractivity contribution in [2.75, 3.05) is 38.3 Å². The molecule has 2 heterocycles. The van der Waals surface area contributed by atoms with Crippen molar-refractivity contribution in [3.8, 4) is 0 Å². The summed E-state index contributed by atoms with van der Waals surface area (Å²) in [5.74, 6) is 1.38. The number of hydrogen-bond acceptors (Lipinski definition) is 6. The molecule has 1 N–H and O–H groups in total. The van der Waals surface area contributed by atoms with E-state index >= 15 is 0 Å². The summed E-state index contributed by atoms with van der Waals surface area (Å²) in [7, 11) is 1.74. The first-order valence-electron chi connectivity index (χ1n) is 7.52. The first-order valence-corrected chi connectivity index (χ1v) is 8.29. The van der Waals surface area contributed by atoms with Crippen LogP contribution in [-0.4, -0.2) is 48.8 Å². The molecule has 5 nitrogen and oxygen atoms in total. The van der Waals surface area contributed by atoms with Gasteiger partial charge in [0.15, 0.2) is 0 Å². The summed E-state index contributed by atoms with van der Waals surface area (Å²) in [6.07, 6.45) is 3.80. The first kappa shape index (κ1) is 15.7. The van der Waals surface area contributed by atoms with Crippen LogP contribution in [0.2, 0.25) is 0 Å². The molecule has 1 aromatic heterocycles. The predicted octanol–water partition coefficient (Wildman–Crippen LogP) is 2.26. The number of nitrogens with zero attached hydrogens (tertiary/aromatic N) is 3. The summed E-state index contributed by atoms with van der Waals surface area (Å²) in [6, 6.07) is 0.536. The Hall–Kier alpha value is -0.720. The van der Waals surface area contributed by atoms with Gasteiger partial charge < -0.3 is 15.0 Å². The molecule has 1 unspecified atom stereocenters. The third kappa shape index (κ3) is 4.14. The average molecular weight is 298 g/mol. The fourth-order valence-electron chi connectivity index (χ4n) is 2.49. The van der Waals surface area contributed by atoms with Crippen molar-refractivity contribution in [3.05, 3.63) is 5.82 Å². The zero-order valence-corrected chi connectivity index (χ0v) is 13.6. The minimum atomic E-state index is 0.406. The molecule has 0 saturated carbocycles. The molecule has 1 aromatic rings. The molecular formula is C14H26N4OS. The van der Waals surface area contributed by atoms with E-state index in [1.807, 2.05) is 0 Å². The molecule has 0 radical (unpaired) electrons. The molecule has 1 aliphatic rings. The molecule has 6 heteroatoms. The molecule has 0 amide bonds. The van der Waals surface area contributed by atoms with Gasteiger partial charge in [-0.05, 0) is 19.3 Å².